The van der Waals surface area contributed by atoms with E-state index in [2.05, 4.69) is 37.3 Å². The zero-order chi connectivity index (χ0) is 24.6. The highest BCUT2D eigenvalue weighted by Gasteiger charge is 2.43. The van der Waals surface area contributed by atoms with E-state index in [0.29, 0.717) is 0 Å². The third-order valence-electron chi connectivity index (χ3n) is 4.79. The van der Waals surface area contributed by atoms with Crippen molar-refractivity contribution in [2.45, 2.75) is 49.1 Å². The molecule has 0 heterocycles. The molecule has 178 valence electrons. The number of hydrogen-bond acceptors (Lipinski definition) is 3. The molecule has 2 unspecified atom stereocenters. The smallest absolute Gasteiger partial charge is 0.344 e. The Morgan fingerprint density at radius 3 is 2.03 bits per heavy atom. The first-order chi connectivity index (χ1) is 15.4. The van der Waals surface area contributed by atoms with E-state index in [1.807, 2.05) is 30.5 Å². The molecule has 2 atom stereocenters. The molecule has 0 fully saturated rings. The standard InChI is InChI=1S/C24H25BrF4N2OS/c1-23(2,26)15-20(22(32)30-14-4-13-25)31-21(24(27,28)29)18-7-5-16(6-8-18)17-9-11-19(33-3)12-10-17/h5-12,20-21,31H,14-15H2,1-3H3,(H,30,32). The van der Waals surface area contributed by atoms with Crippen molar-refractivity contribution in [3.63, 3.8) is 0 Å². The van der Waals surface area contributed by atoms with Gasteiger partial charge in [-0.25, -0.2) is 4.39 Å². The van der Waals surface area contributed by atoms with Crippen LogP contribution >= 0.6 is 27.7 Å². The Hall–Kier alpha value is -2.02. The summed E-state index contributed by atoms with van der Waals surface area (Å²) >= 11 is 4.47. The molecule has 3 nitrogen and oxygen atoms in total. The maximum Gasteiger partial charge on any atom is 0.407 e. The fourth-order valence-electron chi connectivity index (χ4n) is 3.23. The molecule has 2 rings (SSSR count). The number of carbonyl (C=O) groups excluding carboxylic acids is 1. The second kappa shape index (κ2) is 11.9. The predicted octanol–water partition coefficient (Wildman–Crippen LogP) is 6.25. The first-order valence-electron chi connectivity index (χ1n) is 10.1. The molecule has 2 aromatic carbocycles. The predicted molar refractivity (Wildman–Crippen MR) is 129 cm³/mol. The van der Waals surface area contributed by atoms with Gasteiger partial charge in [-0.2, -0.15) is 13.2 Å². The number of alkyl halides is 4. The molecule has 2 N–H and O–H groups in total. The number of rotatable bonds is 9. The summed E-state index contributed by atoms with van der Waals surface area (Å²) in [6, 6.07) is 10.1. The van der Waals surface area contributed by atoms with Gasteiger partial charge in [0.1, 0.15) is 11.7 Å². The Labute approximate surface area is 204 Å². The summed E-state index contributed by atoms with van der Waals surface area (Å²) in [5.41, 5.74) is -0.291. The molecule has 0 spiro atoms. The van der Waals surface area contributed by atoms with Gasteiger partial charge < -0.3 is 5.32 Å². The van der Waals surface area contributed by atoms with Gasteiger partial charge in [0, 0.05) is 27.2 Å². The number of carbonyl (C=O) groups is 1. The van der Waals surface area contributed by atoms with Crippen LogP contribution in [0, 0.1) is 10.8 Å². The Kier molecular flexibility index (Phi) is 9.83. The number of benzene rings is 2. The molecule has 9 heteroatoms. The minimum absolute atomic E-state index is 0.0679. The lowest BCUT2D eigenvalue weighted by Gasteiger charge is -2.29. The Bertz CT molecular complexity index is 977. The highest BCUT2D eigenvalue weighted by molar-refractivity contribution is 9.12. The lowest BCUT2D eigenvalue weighted by atomic mass is 9.96. The molecule has 0 saturated heterocycles. The zero-order valence-corrected chi connectivity index (χ0v) is 20.8. The molecular weight excluding hydrogens is 520 g/mol. The quantitative estimate of drug-likeness (QED) is 0.223. The van der Waals surface area contributed by atoms with Crippen LogP contribution in [-0.4, -0.2) is 36.6 Å². The van der Waals surface area contributed by atoms with Crippen molar-refractivity contribution >= 4 is 33.6 Å². The van der Waals surface area contributed by atoms with Gasteiger partial charge in [-0.3, -0.25) is 10.1 Å². The maximum absolute atomic E-state index is 14.3. The van der Waals surface area contributed by atoms with Crippen molar-refractivity contribution in [2.75, 3.05) is 12.8 Å². The lowest BCUT2D eigenvalue weighted by molar-refractivity contribution is -0.161. The van der Waals surface area contributed by atoms with Crippen LogP contribution in [0.25, 0.3) is 11.1 Å². The highest BCUT2D eigenvalue weighted by atomic mass is 79.9. The molecule has 0 aliphatic carbocycles. The van der Waals surface area contributed by atoms with Crippen LogP contribution in [0.3, 0.4) is 0 Å². The van der Waals surface area contributed by atoms with Gasteiger partial charge in [-0.1, -0.05) is 42.3 Å². The van der Waals surface area contributed by atoms with E-state index < -0.39 is 36.3 Å². The van der Waals surface area contributed by atoms with Crippen molar-refractivity contribution in [3.05, 3.63) is 54.1 Å². The molecular formula is C24H25BrF4N2OS. The Morgan fingerprint density at radius 1 is 1.03 bits per heavy atom. The molecule has 0 aromatic heterocycles. The van der Waals surface area contributed by atoms with Gasteiger partial charge in [0.05, 0.1) is 12.6 Å². The first kappa shape index (κ1) is 27.2. The molecule has 33 heavy (non-hydrogen) atoms. The van der Waals surface area contributed by atoms with Crippen molar-refractivity contribution in [1.29, 1.82) is 0 Å². The van der Waals surface area contributed by atoms with Crippen molar-refractivity contribution in [1.82, 2.24) is 10.6 Å². The largest absolute Gasteiger partial charge is 0.407 e. The van der Waals surface area contributed by atoms with Gasteiger partial charge in [-0.05, 0) is 53.8 Å². The van der Waals surface area contributed by atoms with Gasteiger partial charge in [-0.15, -0.1) is 11.8 Å². The molecule has 0 saturated carbocycles. The second-order valence-electron chi connectivity index (χ2n) is 7.96. The molecule has 0 radical (unpaired) electrons. The van der Waals surface area contributed by atoms with Crippen LogP contribution in [0.5, 0.6) is 0 Å². The zero-order valence-electron chi connectivity index (χ0n) is 18.4. The summed E-state index contributed by atoms with van der Waals surface area (Å²) < 4.78 is 56.2. The van der Waals surface area contributed by atoms with Crippen molar-refractivity contribution in [2.24, 2.45) is 0 Å². The van der Waals surface area contributed by atoms with Gasteiger partial charge in [0.25, 0.3) is 0 Å². The average molecular weight is 545 g/mol. The van der Waals surface area contributed by atoms with E-state index in [-0.39, 0.29) is 12.1 Å². The third kappa shape index (κ3) is 8.69. The molecule has 2 aromatic rings. The van der Waals surface area contributed by atoms with E-state index in [1.54, 1.807) is 23.9 Å². The molecule has 0 bridgehead atoms. The van der Waals surface area contributed by atoms with Gasteiger partial charge >= 0.3 is 6.18 Å². The molecule has 0 aliphatic heterocycles. The Balaban J connectivity index is 2.30. The van der Waals surface area contributed by atoms with Crippen LogP contribution in [-0.2, 0) is 4.79 Å². The number of amides is 1. The van der Waals surface area contributed by atoms with Crippen LogP contribution in [0.2, 0.25) is 0 Å². The van der Waals surface area contributed by atoms with E-state index >= 15 is 0 Å². The normalized spacial score (nSPS) is 13.6. The summed E-state index contributed by atoms with van der Waals surface area (Å²) in [5, 5.41) is 4.74. The van der Waals surface area contributed by atoms with Crippen LogP contribution in [0.4, 0.5) is 17.6 Å². The van der Waals surface area contributed by atoms with Crippen LogP contribution in [0.1, 0.15) is 31.9 Å². The summed E-state index contributed by atoms with van der Waals surface area (Å²) in [7, 11) is 0. The number of nitrogens with one attached hydrogen (secondary N) is 2. The van der Waals surface area contributed by atoms with Gasteiger partial charge in [0.2, 0.25) is 5.91 Å². The minimum Gasteiger partial charge on any atom is -0.344 e. The number of thioether (sulfide) groups is 1. The van der Waals surface area contributed by atoms with Gasteiger partial charge in [0.15, 0.2) is 0 Å². The number of hydrogen-bond donors (Lipinski definition) is 2. The topological polar surface area (TPSA) is 41.1 Å². The fraction of sp³-hybridized carbons (Fsp3) is 0.375. The summed E-state index contributed by atoms with van der Waals surface area (Å²) in [6.07, 6.45) is -3.18. The van der Waals surface area contributed by atoms with Crippen LogP contribution < -0.4 is 10.6 Å². The maximum atomic E-state index is 14.3. The van der Waals surface area contributed by atoms with E-state index in [1.165, 1.54) is 26.0 Å². The SMILES string of the molecule is CSc1ccc(-c2ccc(C(NC(CC(C)(C)F)C(=O)NCC#CBr)C(F)(F)F)cc2)cc1. The Morgan fingerprint density at radius 2 is 1.58 bits per heavy atom. The first-order valence-corrected chi connectivity index (χ1v) is 12.1. The summed E-state index contributed by atoms with van der Waals surface area (Å²) in [5.74, 6) is 1.78. The van der Waals surface area contributed by atoms with E-state index in [9.17, 15) is 22.4 Å². The molecule has 0 aliphatic rings. The second-order valence-corrected chi connectivity index (χ2v) is 9.23. The van der Waals surface area contributed by atoms with E-state index in [0.717, 1.165) is 16.0 Å². The fourth-order valence-corrected chi connectivity index (χ4v) is 3.78. The monoisotopic (exact) mass is 544 g/mol. The number of halogens is 5. The lowest BCUT2D eigenvalue weighted by Crippen LogP contribution is -2.51. The average Bonchev–Trinajstić information content (AvgIpc) is 2.75. The summed E-state index contributed by atoms with van der Waals surface area (Å²) in [6.45, 7) is 2.36. The minimum atomic E-state index is -4.70. The third-order valence-corrected chi connectivity index (χ3v) is 5.81. The molecule has 1 amide bonds. The van der Waals surface area contributed by atoms with Crippen molar-refractivity contribution in [3.8, 4) is 21.9 Å². The van der Waals surface area contributed by atoms with Crippen LogP contribution in [0.15, 0.2) is 53.4 Å². The van der Waals surface area contributed by atoms with E-state index in [4.69, 9.17) is 0 Å². The van der Waals surface area contributed by atoms with Crippen molar-refractivity contribution < 1.29 is 22.4 Å². The highest BCUT2D eigenvalue weighted by Crippen LogP contribution is 2.35. The summed E-state index contributed by atoms with van der Waals surface area (Å²) in [4.78, 5) is 16.0.